The van der Waals surface area contributed by atoms with Crippen LogP contribution in [0.15, 0.2) is 6.33 Å². The Morgan fingerprint density at radius 1 is 1.31 bits per heavy atom. The molecule has 0 fully saturated rings. The number of nitrogens with one attached hydrogen (secondary N) is 1. The number of nitrogens with zero attached hydrogens (tertiary/aromatic N) is 1. The SMILES string of the molecule is O=CC1Cc2c(c(F)c3[nH]cnc3c2F)C1. The molecule has 0 spiro atoms. The molecular weight excluding hydrogens is 214 g/mol. The Morgan fingerprint density at radius 2 is 2.00 bits per heavy atom. The average molecular weight is 222 g/mol. The second-order valence-electron chi connectivity index (χ2n) is 4.02. The minimum Gasteiger partial charge on any atom is -0.342 e. The van der Waals surface area contributed by atoms with E-state index in [1.165, 1.54) is 6.33 Å². The van der Waals surface area contributed by atoms with E-state index >= 15 is 0 Å². The number of aromatic nitrogens is 2. The highest BCUT2D eigenvalue weighted by Crippen LogP contribution is 2.34. The molecule has 1 N–H and O–H groups in total. The molecule has 0 aliphatic heterocycles. The Balaban J connectivity index is 2.33. The summed E-state index contributed by atoms with van der Waals surface area (Å²) >= 11 is 0. The van der Waals surface area contributed by atoms with Crippen molar-refractivity contribution in [3.05, 3.63) is 29.1 Å². The Hall–Kier alpha value is -1.78. The van der Waals surface area contributed by atoms with Crippen LogP contribution in [0, 0.1) is 17.6 Å². The van der Waals surface area contributed by atoms with Gasteiger partial charge in [0.15, 0.2) is 11.6 Å². The average Bonchev–Trinajstić information content (AvgIpc) is 2.92. The third kappa shape index (κ3) is 1.05. The first kappa shape index (κ1) is 9.45. The van der Waals surface area contributed by atoms with Crippen LogP contribution in [0.4, 0.5) is 8.78 Å². The van der Waals surface area contributed by atoms with Gasteiger partial charge in [0.05, 0.1) is 6.33 Å². The van der Waals surface area contributed by atoms with E-state index < -0.39 is 11.6 Å². The lowest BCUT2D eigenvalue weighted by Gasteiger charge is -2.03. The third-order valence-corrected chi connectivity index (χ3v) is 3.09. The van der Waals surface area contributed by atoms with Gasteiger partial charge in [0.2, 0.25) is 0 Å². The molecule has 3 nitrogen and oxygen atoms in total. The minimum atomic E-state index is -0.503. The summed E-state index contributed by atoms with van der Waals surface area (Å²) in [6.07, 6.45) is 2.56. The maximum absolute atomic E-state index is 13.9. The van der Waals surface area contributed by atoms with Gasteiger partial charge < -0.3 is 9.78 Å². The Bertz CT molecular complexity index is 545. The number of aldehydes is 1. The van der Waals surface area contributed by atoms with Crippen LogP contribution in [-0.2, 0) is 17.6 Å². The molecule has 1 unspecified atom stereocenters. The summed E-state index contributed by atoms with van der Waals surface area (Å²) in [6.45, 7) is 0. The van der Waals surface area contributed by atoms with Gasteiger partial charge in [0.1, 0.15) is 17.3 Å². The quantitative estimate of drug-likeness (QED) is 0.747. The highest BCUT2D eigenvalue weighted by molar-refractivity contribution is 5.79. The zero-order chi connectivity index (χ0) is 11.3. The van der Waals surface area contributed by atoms with Crippen LogP contribution < -0.4 is 0 Å². The van der Waals surface area contributed by atoms with Gasteiger partial charge in [-0.05, 0) is 24.0 Å². The van der Waals surface area contributed by atoms with Crippen molar-refractivity contribution in [2.75, 3.05) is 0 Å². The third-order valence-electron chi connectivity index (χ3n) is 3.09. The van der Waals surface area contributed by atoms with Crippen LogP contribution in [0.5, 0.6) is 0 Å². The zero-order valence-corrected chi connectivity index (χ0v) is 8.26. The molecule has 0 radical (unpaired) electrons. The number of aromatic amines is 1. The first-order chi connectivity index (χ1) is 7.72. The lowest BCUT2D eigenvalue weighted by molar-refractivity contribution is -0.110. The van der Waals surface area contributed by atoms with Gasteiger partial charge in [0, 0.05) is 5.92 Å². The van der Waals surface area contributed by atoms with Crippen molar-refractivity contribution in [1.82, 2.24) is 9.97 Å². The molecule has 0 amide bonds. The molecule has 0 saturated carbocycles. The normalized spacial score (nSPS) is 15.6. The standard InChI is InChI=1S/C11H8F2N2O/c12-8-6-1-5(3-16)2-7(6)9(13)11-10(8)14-4-15-11/h3-5H,1-2H2,(H,14,15). The number of rotatable bonds is 1. The smallest absolute Gasteiger partial charge is 0.154 e. The summed E-state index contributed by atoms with van der Waals surface area (Å²) in [5.74, 6) is -1.30. The molecule has 1 aliphatic rings. The fourth-order valence-electron chi connectivity index (χ4n) is 2.31. The molecule has 0 saturated heterocycles. The van der Waals surface area contributed by atoms with Crippen LogP contribution in [0.25, 0.3) is 11.0 Å². The van der Waals surface area contributed by atoms with Gasteiger partial charge in [0.25, 0.3) is 0 Å². The largest absolute Gasteiger partial charge is 0.342 e. The Kier molecular flexibility index (Phi) is 1.83. The Labute approximate surface area is 89.5 Å². The van der Waals surface area contributed by atoms with Crippen molar-refractivity contribution < 1.29 is 13.6 Å². The molecule has 1 heterocycles. The van der Waals surface area contributed by atoms with Crippen molar-refractivity contribution >= 4 is 17.3 Å². The van der Waals surface area contributed by atoms with Crippen LogP contribution in [0.3, 0.4) is 0 Å². The molecule has 1 aromatic heterocycles. The van der Waals surface area contributed by atoms with Gasteiger partial charge in [-0.2, -0.15) is 0 Å². The minimum absolute atomic E-state index is 0.0165. The maximum atomic E-state index is 13.9. The molecule has 82 valence electrons. The van der Waals surface area contributed by atoms with Crippen molar-refractivity contribution in [2.24, 2.45) is 5.92 Å². The number of benzene rings is 1. The van der Waals surface area contributed by atoms with Crippen molar-refractivity contribution in [1.29, 1.82) is 0 Å². The van der Waals surface area contributed by atoms with E-state index in [1.807, 2.05) is 0 Å². The second kappa shape index (κ2) is 3.10. The van der Waals surface area contributed by atoms with Crippen molar-refractivity contribution in [3.63, 3.8) is 0 Å². The molecule has 16 heavy (non-hydrogen) atoms. The number of halogens is 2. The van der Waals surface area contributed by atoms with Crippen LogP contribution in [-0.4, -0.2) is 16.3 Å². The number of H-pyrrole nitrogens is 1. The molecule has 1 atom stereocenters. The first-order valence-corrected chi connectivity index (χ1v) is 4.99. The molecule has 1 aliphatic carbocycles. The molecule has 1 aromatic carbocycles. The predicted octanol–water partition coefficient (Wildman–Crippen LogP) is 1.75. The van der Waals surface area contributed by atoms with Gasteiger partial charge in [-0.3, -0.25) is 0 Å². The lowest BCUT2D eigenvalue weighted by atomic mass is 10.1. The molecular formula is C11H8F2N2O. The van der Waals surface area contributed by atoms with E-state index in [2.05, 4.69) is 9.97 Å². The lowest BCUT2D eigenvalue weighted by Crippen LogP contribution is -1.99. The fraction of sp³-hybridized carbons (Fsp3) is 0.273. The summed E-state index contributed by atoms with van der Waals surface area (Å²) in [6, 6.07) is 0. The van der Waals surface area contributed by atoms with Crippen molar-refractivity contribution in [3.8, 4) is 0 Å². The summed E-state index contributed by atoms with van der Waals surface area (Å²) in [5.41, 5.74) is 0.714. The highest BCUT2D eigenvalue weighted by atomic mass is 19.1. The van der Waals surface area contributed by atoms with E-state index in [9.17, 15) is 13.6 Å². The Morgan fingerprint density at radius 3 is 2.69 bits per heavy atom. The molecule has 2 aromatic rings. The second-order valence-corrected chi connectivity index (χ2v) is 4.02. The van der Waals surface area contributed by atoms with Crippen LogP contribution in [0.2, 0.25) is 0 Å². The fourth-order valence-corrected chi connectivity index (χ4v) is 2.31. The number of carbonyl (C=O) groups is 1. The van der Waals surface area contributed by atoms with Gasteiger partial charge in [-0.25, -0.2) is 13.8 Å². The van der Waals surface area contributed by atoms with Crippen LogP contribution in [0.1, 0.15) is 11.1 Å². The zero-order valence-electron chi connectivity index (χ0n) is 8.26. The van der Waals surface area contributed by atoms with E-state index in [1.54, 1.807) is 0 Å². The number of carbonyl (C=O) groups excluding carboxylic acids is 1. The summed E-state index contributed by atoms with van der Waals surface area (Å²) in [7, 11) is 0. The predicted molar refractivity (Wildman–Crippen MR) is 53.0 cm³/mol. The highest BCUT2D eigenvalue weighted by Gasteiger charge is 2.30. The molecule has 5 heteroatoms. The van der Waals surface area contributed by atoms with Gasteiger partial charge in [-0.1, -0.05) is 0 Å². The van der Waals surface area contributed by atoms with Crippen molar-refractivity contribution in [2.45, 2.75) is 12.8 Å². The van der Waals surface area contributed by atoms with E-state index in [0.717, 1.165) is 6.29 Å². The summed E-state index contributed by atoms with van der Waals surface area (Å²) in [5, 5.41) is 0. The van der Waals surface area contributed by atoms with E-state index in [4.69, 9.17) is 0 Å². The number of hydrogen-bond acceptors (Lipinski definition) is 2. The van der Waals surface area contributed by atoms with Gasteiger partial charge in [-0.15, -0.1) is 0 Å². The van der Waals surface area contributed by atoms with Gasteiger partial charge >= 0.3 is 0 Å². The summed E-state index contributed by atoms with van der Waals surface area (Å²) < 4.78 is 27.9. The molecule has 3 rings (SSSR count). The number of fused-ring (bicyclic) bond motifs is 2. The topological polar surface area (TPSA) is 45.8 Å². The van der Waals surface area contributed by atoms with E-state index in [0.29, 0.717) is 11.1 Å². The molecule has 0 bridgehead atoms. The first-order valence-electron chi connectivity index (χ1n) is 4.99. The maximum Gasteiger partial charge on any atom is 0.154 e. The monoisotopic (exact) mass is 222 g/mol. The summed E-state index contributed by atoms with van der Waals surface area (Å²) in [4.78, 5) is 17.0. The number of hydrogen-bond donors (Lipinski definition) is 1. The van der Waals surface area contributed by atoms with Crippen LogP contribution >= 0.6 is 0 Å². The van der Waals surface area contributed by atoms with E-state index in [-0.39, 0.29) is 29.8 Å². The number of imidazole rings is 1.